The molecule has 58 valence electrons. The first-order valence-corrected chi connectivity index (χ1v) is 4.20. The Bertz CT molecular complexity index is 260. The summed E-state index contributed by atoms with van der Waals surface area (Å²) < 4.78 is 0. The average Bonchev–Trinajstić information content (AvgIpc) is 2.17. The number of thiocyanates is 1. The molecule has 1 aliphatic rings. The third-order valence-electron chi connectivity index (χ3n) is 1.79. The lowest BCUT2D eigenvalue weighted by atomic mass is 9.90. The number of carbonyl (C=O) groups is 1. The first kappa shape index (κ1) is 8.35. The molecule has 3 heteroatoms. The quantitative estimate of drug-likeness (QED) is 0.561. The van der Waals surface area contributed by atoms with E-state index in [9.17, 15) is 4.79 Å². The molecule has 0 saturated carbocycles. The topological polar surface area (TPSA) is 40.9 Å². The number of ketones is 1. The van der Waals surface area contributed by atoms with E-state index in [-0.39, 0.29) is 11.2 Å². The van der Waals surface area contributed by atoms with Gasteiger partial charge in [-0.25, -0.2) is 0 Å². The van der Waals surface area contributed by atoms with Crippen LogP contribution in [0.25, 0.3) is 0 Å². The van der Waals surface area contributed by atoms with Gasteiger partial charge in [-0.2, -0.15) is 5.26 Å². The summed E-state index contributed by atoms with van der Waals surface area (Å²) in [6.07, 6.45) is 2.60. The summed E-state index contributed by atoms with van der Waals surface area (Å²) in [5.74, 6) is 0.101. The Morgan fingerprint density at radius 3 is 2.73 bits per heavy atom. The molecule has 0 unspecified atom stereocenters. The van der Waals surface area contributed by atoms with Crippen LogP contribution >= 0.6 is 11.8 Å². The minimum absolute atomic E-state index is 0.101. The van der Waals surface area contributed by atoms with E-state index in [0.29, 0.717) is 4.91 Å². The molecule has 0 amide bonds. The molecule has 0 aromatic heterocycles. The van der Waals surface area contributed by atoms with Gasteiger partial charge in [-0.05, 0) is 18.2 Å². The van der Waals surface area contributed by atoms with Crippen LogP contribution in [-0.4, -0.2) is 5.78 Å². The van der Waals surface area contributed by atoms with Gasteiger partial charge in [0.15, 0.2) is 5.78 Å². The molecule has 0 bridgehead atoms. The molecule has 0 fully saturated rings. The van der Waals surface area contributed by atoms with Crippen molar-refractivity contribution in [3.8, 4) is 5.40 Å². The average molecular weight is 167 g/mol. The lowest BCUT2D eigenvalue weighted by Gasteiger charge is -2.13. The largest absolute Gasteiger partial charge is 0.293 e. The van der Waals surface area contributed by atoms with Gasteiger partial charge in [-0.15, -0.1) is 0 Å². The number of nitriles is 1. The predicted octanol–water partition coefficient (Wildman–Crippen LogP) is 2.08. The van der Waals surface area contributed by atoms with Crippen molar-refractivity contribution in [3.63, 3.8) is 0 Å². The van der Waals surface area contributed by atoms with Crippen molar-refractivity contribution < 1.29 is 4.79 Å². The van der Waals surface area contributed by atoms with Crippen LogP contribution in [0.5, 0.6) is 0 Å². The van der Waals surface area contributed by atoms with E-state index in [1.807, 2.05) is 25.3 Å². The number of allylic oxidation sites excluding steroid dienone is 2. The summed E-state index contributed by atoms with van der Waals surface area (Å²) in [5.41, 5.74) is -0.279. The van der Waals surface area contributed by atoms with Crippen LogP contribution in [-0.2, 0) is 4.79 Å². The van der Waals surface area contributed by atoms with Gasteiger partial charge in [0.05, 0.1) is 4.91 Å². The van der Waals surface area contributed by atoms with E-state index in [2.05, 4.69) is 0 Å². The second kappa shape index (κ2) is 2.71. The molecule has 1 rings (SSSR count). The van der Waals surface area contributed by atoms with Crippen LogP contribution < -0.4 is 0 Å². The Kier molecular flexibility index (Phi) is 2.05. The first-order chi connectivity index (χ1) is 5.08. The number of carbonyl (C=O) groups excluding carboxylic acids is 1. The van der Waals surface area contributed by atoms with Crippen LogP contribution in [0.3, 0.4) is 0 Å². The fourth-order valence-corrected chi connectivity index (χ4v) is 1.64. The second-order valence-electron chi connectivity index (χ2n) is 3.18. The van der Waals surface area contributed by atoms with Crippen LogP contribution in [0.4, 0.5) is 0 Å². The second-order valence-corrected chi connectivity index (χ2v) is 4.01. The van der Waals surface area contributed by atoms with Gasteiger partial charge in [0.1, 0.15) is 5.40 Å². The van der Waals surface area contributed by atoms with Crippen molar-refractivity contribution in [1.82, 2.24) is 0 Å². The molecule has 0 aromatic carbocycles. The summed E-state index contributed by atoms with van der Waals surface area (Å²) in [5, 5.41) is 10.2. The smallest absolute Gasteiger partial charge is 0.175 e. The van der Waals surface area contributed by atoms with Crippen molar-refractivity contribution in [3.05, 3.63) is 11.0 Å². The Hall–Kier alpha value is -0.750. The fraction of sp³-hybridized carbons (Fsp3) is 0.500. The zero-order chi connectivity index (χ0) is 8.48. The molecule has 0 spiro atoms. The molecule has 2 nitrogen and oxygen atoms in total. The zero-order valence-electron chi connectivity index (χ0n) is 6.55. The van der Waals surface area contributed by atoms with Crippen molar-refractivity contribution in [2.75, 3.05) is 0 Å². The number of Topliss-reactive ketones (excluding diaryl/α,β-unsaturated/α-hetero) is 1. The summed E-state index contributed by atoms with van der Waals surface area (Å²) in [7, 11) is 0. The molecule has 0 atom stereocenters. The Morgan fingerprint density at radius 1 is 1.73 bits per heavy atom. The van der Waals surface area contributed by atoms with E-state index in [1.165, 1.54) is 0 Å². The van der Waals surface area contributed by atoms with E-state index in [4.69, 9.17) is 5.26 Å². The molecule has 1 aliphatic carbocycles. The molecule has 11 heavy (non-hydrogen) atoms. The zero-order valence-corrected chi connectivity index (χ0v) is 7.36. The SMILES string of the molecule is CC1(C)CC=C(SC#N)C1=O. The van der Waals surface area contributed by atoms with Gasteiger partial charge in [-0.3, -0.25) is 4.79 Å². The number of nitrogens with zero attached hydrogens (tertiary/aromatic N) is 1. The highest BCUT2D eigenvalue weighted by molar-refractivity contribution is 8.08. The summed E-state index contributed by atoms with van der Waals surface area (Å²) in [6, 6.07) is 0. The summed E-state index contributed by atoms with van der Waals surface area (Å²) in [4.78, 5) is 12.0. The third kappa shape index (κ3) is 1.46. The van der Waals surface area contributed by atoms with Crippen molar-refractivity contribution in [2.45, 2.75) is 20.3 Å². The number of hydrogen-bond acceptors (Lipinski definition) is 3. The Morgan fingerprint density at radius 2 is 2.36 bits per heavy atom. The maximum atomic E-state index is 11.4. The first-order valence-electron chi connectivity index (χ1n) is 3.39. The molecule has 0 radical (unpaired) electrons. The monoisotopic (exact) mass is 167 g/mol. The van der Waals surface area contributed by atoms with E-state index < -0.39 is 0 Å². The van der Waals surface area contributed by atoms with Gasteiger partial charge in [-0.1, -0.05) is 19.9 Å². The highest BCUT2D eigenvalue weighted by atomic mass is 32.2. The van der Waals surface area contributed by atoms with Crippen LogP contribution in [0.2, 0.25) is 0 Å². The van der Waals surface area contributed by atoms with Crippen molar-refractivity contribution in [2.24, 2.45) is 5.41 Å². The van der Waals surface area contributed by atoms with Gasteiger partial charge < -0.3 is 0 Å². The molecule has 0 aliphatic heterocycles. The van der Waals surface area contributed by atoms with Gasteiger partial charge in [0.2, 0.25) is 0 Å². The van der Waals surface area contributed by atoms with Crippen molar-refractivity contribution in [1.29, 1.82) is 5.26 Å². The maximum Gasteiger partial charge on any atom is 0.175 e. The highest BCUT2D eigenvalue weighted by Crippen LogP contribution is 2.37. The number of thioether (sulfide) groups is 1. The van der Waals surface area contributed by atoms with Crippen molar-refractivity contribution >= 4 is 17.5 Å². The van der Waals surface area contributed by atoms with Gasteiger partial charge in [0.25, 0.3) is 0 Å². The third-order valence-corrected chi connectivity index (χ3v) is 2.46. The summed E-state index contributed by atoms with van der Waals surface area (Å²) in [6.45, 7) is 3.80. The normalized spacial score (nSPS) is 21.2. The van der Waals surface area contributed by atoms with E-state index in [1.54, 1.807) is 0 Å². The molecule has 0 N–H and O–H groups in total. The predicted molar refractivity (Wildman–Crippen MR) is 44.7 cm³/mol. The van der Waals surface area contributed by atoms with E-state index in [0.717, 1.165) is 18.2 Å². The maximum absolute atomic E-state index is 11.4. The van der Waals surface area contributed by atoms with Crippen LogP contribution in [0.15, 0.2) is 11.0 Å². The lowest BCUT2D eigenvalue weighted by molar-refractivity contribution is -0.121. The minimum atomic E-state index is -0.279. The van der Waals surface area contributed by atoms with Crippen LogP contribution in [0.1, 0.15) is 20.3 Å². The standard InChI is InChI=1S/C8H9NOS/c1-8(2)4-3-6(7(8)10)11-5-9/h3H,4H2,1-2H3. The minimum Gasteiger partial charge on any atom is -0.293 e. The van der Waals surface area contributed by atoms with Gasteiger partial charge >= 0.3 is 0 Å². The lowest BCUT2D eigenvalue weighted by Crippen LogP contribution is -2.18. The highest BCUT2D eigenvalue weighted by Gasteiger charge is 2.34. The van der Waals surface area contributed by atoms with E-state index >= 15 is 0 Å². The Labute approximate surface area is 70.3 Å². The number of rotatable bonds is 1. The summed E-state index contributed by atoms with van der Waals surface area (Å²) >= 11 is 0.966. The van der Waals surface area contributed by atoms with Gasteiger partial charge in [0, 0.05) is 5.41 Å². The Balaban J connectivity index is 2.77. The molecule has 0 aromatic rings. The number of hydrogen-bond donors (Lipinski definition) is 0. The fourth-order valence-electron chi connectivity index (χ4n) is 1.00. The molecule has 0 saturated heterocycles. The molecular weight excluding hydrogens is 158 g/mol. The molecular formula is C8H9NOS. The van der Waals surface area contributed by atoms with Crippen LogP contribution in [0, 0.1) is 16.1 Å². The molecule has 0 heterocycles.